The number of ether oxygens (including phenoxy) is 1. The van der Waals surface area contributed by atoms with Gasteiger partial charge in [-0.25, -0.2) is 9.78 Å². The molecule has 138 valence electrons. The average molecular weight is 374 g/mol. The van der Waals surface area contributed by atoms with Gasteiger partial charge in [-0.3, -0.25) is 19.8 Å². The van der Waals surface area contributed by atoms with Crippen molar-refractivity contribution in [2.75, 3.05) is 5.32 Å². The second-order valence-corrected chi connectivity index (χ2v) is 5.94. The number of carbonyl (C=O) groups is 1. The number of para-hydroxylation sites is 1. The van der Waals surface area contributed by atoms with E-state index in [9.17, 15) is 14.9 Å². The maximum Gasteiger partial charge on any atom is 0.417 e. The Morgan fingerprint density at radius 2 is 1.75 bits per heavy atom. The van der Waals surface area contributed by atoms with Crippen LogP contribution in [0.2, 0.25) is 0 Å². The summed E-state index contributed by atoms with van der Waals surface area (Å²) in [5, 5.41) is 13.5. The summed E-state index contributed by atoms with van der Waals surface area (Å²) in [7, 11) is 0. The molecular weight excluding hydrogens is 360 g/mol. The van der Waals surface area contributed by atoms with Gasteiger partial charge in [0.1, 0.15) is 11.4 Å². The zero-order chi connectivity index (χ0) is 19.5. The molecule has 0 aliphatic heterocycles. The van der Waals surface area contributed by atoms with Crippen LogP contribution in [0.3, 0.4) is 0 Å². The first kappa shape index (κ1) is 17.2. The van der Waals surface area contributed by atoms with E-state index < -0.39 is 11.0 Å². The number of rotatable bonds is 4. The highest BCUT2D eigenvalue weighted by atomic mass is 16.6. The molecular formula is C20H14N4O4. The molecule has 0 radical (unpaired) electrons. The topological polar surface area (TPSA) is 98.8 Å². The standard InChI is InChI=1S/C20H14N4O4/c25-20(21-15-4-2-1-3-5-15)28-17-9-6-14(7-10-17)18-13-23-12-16(24(26)27)8-11-19(23)22-18/h1-13H,(H,21,25). The average Bonchev–Trinajstić information content (AvgIpc) is 3.12. The first-order valence-corrected chi connectivity index (χ1v) is 8.36. The molecule has 0 unspecified atom stereocenters. The normalized spacial score (nSPS) is 10.6. The third-order valence-corrected chi connectivity index (χ3v) is 4.03. The van der Waals surface area contributed by atoms with E-state index in [1.54, 1.807) is 53.1 Å². The highest BCUT2D eigenvalue weighted by Crippen LogP contribution is 2.23. The summed E-state index contributed by atoms with van der Waals surface area (Å²) < 4.78 is 6.86. The SMILES string of the molecule is O=C(Nc1ccccc1)Oc1ccc(-c2cn3cc([N+](=O)[O-])ccc3n2)cc1. The van der Waals surface area contributed by atoms with E-state index in [1.165, 1.54) is 12.3 Å². The molecule has 0 saturated heterocycles. The maximum absolute atomic E-state index is 11.9. The van der Waals surface area contributed by atoms with Crippen molar-refractivity contribution in [2.45, 2.75) is 0 Å². The number of fused-ring (bicyclic) bond motifs is 1. The number of hydrogen-bond donors (Lipinski definition) is 1. The summed E-state index contributed by atoms with van der Waals surface area (Å²) in [6.07, 6.45) is 2.54. The Morgan fingerprint density at radius 3 is 2.46 bits per heavy atom. The second-order valence-electron chi connectivity index (χ2n) is 5.94. The van der Waals surface area contributed by atoms with Crippen LogP contribution in [-0.4, -0.2) is 20.4 Å². The number of amides is 1. The monoisotopic (exact) mass is 374 g/mol. The van der Waals surface area contributed by atoms with Gasteiger partial charge in [-0.15, -0.1) is 0 Å². The van der Waals surface area contributed by atoms with Crippen LogP contribution < -0.4 is 10.1 Å². The van der Waals surface area contributed by atoms with Crippen LogP contribution in [0.1, 0.15) is 0 Å². The molecule has 2 aromatic heterocycles. The lowest BCUT2D eigenvalue weighted by Crippen LogP contribution is -2.16. The zero-order valence-electron chi connectivity index (χ0n) is 14.5. The molecule has 0 aliphatic carbocycles. The van der Waals surface area contributed by atoms with Crippen LogP contribution in [-0.2, 0) is 0 Å². The number of hydrogen-bond acceptors (Lipinski definition) is 5. The van der Waals surface area contributed by atoms with Gasteiger partial charge in [0.2, 0.25) is 0 Å². The van der Waals surface area contributed by atoms with Crippen LogP contribution in [0.5, 0.6) is 5.75 Å². The van der Waals surface area contributed by atoms with Crippen LogP contribution in [0.25, 0.3) is 16.9 Å². The number of nitrogens with zero attached hydrogens (tertiary/aromatic N) is 3. The first-order chi connectivity index (χ1) is 13.6. The zero-order valence-corrected chi connectivity index (χ0v) is 14.5. The van der Waals surface area contributed by atoms with Crippen molar-refractivity contribution in [1.82, 2.24) is 9.38 Å². The van der Waals surface area contributed by atoms with Gasteiger partial charge < -0.3 is 4.74 Å². The van der Waals surface area contributed by atoms with E-state index in [4.69, 9.17) is 4.74 Å². The summed E-state index contributed by atoms with van der Waals surface area (Å²) in [4.78, 5) is 26.8. The van der Waals surface area contributed by atoms with Crippen LogP contribution >= 0.6 is 0 Å². The fraction of sp³-hybridized carbons (Fsp3) is 0. The summed E-state index contributed by atoms with van der Waals surface area (Å²) in [5.41, 5.74) is 2.68. The van der Waals surface area contributed by atoms with Gasteiger partial charge in [0, 0.05) is 23.5 Å². The molecule has 8 nitrogen and oxygen atoms in total. The van der Waals surface area contributed by atoms with Crippen molar-refractivity contribution < 1.29 is 14.5 Å². The molecule has 0 atom stereocenters. The van der Waals surface area contributed by atoms with E-state index in [1.807, 2.05) is 18.2 Å². The molecule has 1 amide bonds. The lowest BCUT2D eigenvalue weighted by molar-refractivity contribution is -0.385. The smallest absolute Gasteiger partial charge is 0.410 e. The molecule has 0 spiro atoms. The Morgan fingerprint density at radius 1 is 1.00 bits per heavy atom. The van der Waals surface area contributed by atoms with Gasteiger partial charge in [-0.2, -0.15) is 0 Å². The highest BCUT2D eigenvalue weighted by Gasteiger charge is 2.10. The molecule has 0 bridgehead atoms. The summed E-state index contributed by atoms with van der Waals surface area (Å²) in [5.74, 6) is 0.386. The lowest BCUT2D eigenvalue weighted by Gasteiger charge is -2.06. The summed E-state index contributed by atoms with van der Waals surface area (Å²) in [6.45, 7) is 0. The first-order valence-electron chi connectivity index (χ1n) is 8.36. The van der Waals surface area contributed by atoms with Crippen molar-refractivity contribution in [2.24, 2.45) is 0 Å². The number of benzene rings is 2. The molecule has 1 N–H and O–H groups in total. The third kappa shape index (κ3) is 3.65. The molecule has 4 rings (SSSR count). The molecule has 8 heteroatoms. The Hall–Kier alpha value is -4.20. The van der Waals surface area contributed by atoms with Crippen molar-refractivity contribution in [3.8, 4) is 17.0 Å². The van der Waals surface area contributed by atoms with Crippen LogP contribution in [0.15, 0.2) is 79.1 Å². The molecule has 4 aromatic rings. The lowest BCUT2D eigenvalue weighted by atomic mass is 10.2. The molecule has 2 aromatic carbocycles. The van der Waals surface area contributed by atoms with Crippen molar-refractivity contribution >= 4 is 23.1 Å². The summed E-state index contributed by atoms with van der Waals surface area (Å²) in [6, 6.07) is 18.9. The minimum atomic E-state index is -0.584. The molecule has 28 heavy (non-hydrogen) atoms. The van der Waals surface area contributed by atoms with Crippen LogP contribution in [0, 0.1) is 10.1 Å². The van der Waals surface area contributed by atoms with Crippen LogP contribution in [0.4, 0.5) is 16.2 Å². The number of carbonyl (C=O) groups excluding carboxylic acids is 1. The van der Waals surface area contributed by atoms with Gasteiger partial charge >= 0.3 is 6.09 Å². The minimum absolute atomic E-state index is 0.00961. The van der Waals surface area contributed by atoms with Gasteiger partial charge in [-0.05, 0) is 42.5 Å². The summed E-state index contributed by atoms with van der Waals surface area (Å²) >= 11 is 0. The Labute approximate surface area is 159 Å². The van der Waals surface area contributed by atoms with Crippen molar-refractivity contribution in [3.63, 3.8) is 0 Å². The van der Waals surface area contributed by atoms with Gasteiger partial charge in [0.05, 0.1) is 16.8 Å². The van der Waals surface area contributed by atoms with E-state index >= 15 is 0 Å². The Bertz CT molecular complexity index is 1150. The number of nitro groups is 1. The second kappa shape index (κ2) is 7.20. The Kier molecular flexibility index (Phi) is 4.43. The largest absolute Gasteiger partial charge is 0.417 e. The fourth-order valence-corrected chi connectivity index (χ4v) is 2.69. The predicted molar refractivity (Wildman–Crippen MR) is 103 cm³/mol. The number of imidazole rings is 1. The number of nitrogens with one attached hydrogen (secondary N) is 1. The Balaban J connectivity index is 1.49. The number of pyridine rings is 1. The maximum atomic E-state index is 11.9. The minimum Gasteiger partial charge on any atom is -0.410 e. The third-order valence-electron chi connectivity index (χ3n) is 4.03. The van der Waals surface area contributed by atoms with Gasteiger partial charge in [-0.1, -0.05) is 18.2 Å². The number of aromatic nitrogens is 2. The molecule has 0 saturated carbocycles. The van der Waals surface area contributed by atoms with Crippen molar-refractivity contribution in [1.29, 1.82) is 0 Å². The number of anilines is 1. The quantitative estimate of drug-likeness (QED) is 0.418. The fourth-order valence-electron chi connectivity index (χ4n) is 2.69. The van der Waals surface area contributed by atoms with E-state index in [0.29, 0.717) is 22.8 Å². The van der Waals surface area contributed by atoms with E-state index in [0.717, 1.165) is 5.56 Å². The van der Waals surface area contributed by atoms with E-state index in [-0.39, 0.29) is 5.69 Å². The van der Waals surface area contributed by atoms with Gasteiger partial charge in [0.15, 0.2) is 0 Å². The predicted octanol–water partition coefficient (Wildman–Crippen LogP) is 4.52. The van der Waals surface area contributed by atoms with Gasteiger partial charge in [0.25, 0.3) is 5.69 Å². The highest BCUT2D eigenvalue weighted by molar-refractivity contribution is 5.86. The molecule has 0 fully saturated rings. The van der Waals surface area contributed by atoms with E-state index in [2.05, 4.69) is 10.3 Å². The molecule has 2 heterocycles. The molecule has 0 aliphatic rings. The van der Waals surface area contributed by atoms with Crippen molar-refractivity contribution in [3.05, 3.63) is 89.2 Å².